The van der Waals surface area contributed by atoms with Gasteiger partial charge in [-0.2, -0.15) is 0 Å². The predicted molar refractivity (Wildman–Crippen MR) is 65.3 cm³/mol. The number of carbonyl (C=O) groups excluding carboxylic acids is 2. The highest BCUT2D eigenvalue weighted by atomic mass is 16.6. The molecule has 0 aromatic carbocycles. The van der Waals surface area contributed by atoms with Crippen molar-refractivity contribution >= 4 is 12.0 Å². The van der Waals surface area contributed by atoms with E-state index in [0.717, 1.165) is 12.8 Å². The molecule has 6 heteroatoms. The highest BCUT2D eigenvalue weighted by molar-refractivity contribution is 5.94. The fraction of sp³-hybridized carbons (Fsp3) is 0.818. The van der Waals surface area contributed by atoms with E-state index in [1.54, 1.807) is 20.8 Å². The third-order valence-corrected chi connectivity index (χ3v) is 1.93. The summed E-state index contributed by atoms with van der Waals surface area (Å²) in [5.41, 5.74) is 10.3. The second-order valence-electron chi connectivity index (χ2n) is 4.88. The summed E-state index contributed by atoms with van der Waals surface area (Å²) >= 11 is 0. The van der Waals surface area contributed by atoms with Gasteiger partial charge in [0.25, 0.3) is 0 Å². The first kappa shape index (κ1) is 15.9. The van der Waals surface area contributed by atoms with E-state index in [4.69, 9.17) is 16.2 Å². The SMILES string of the molecule is CC(C)(C)OC(=O)NC(=O)[C@@H](N)CCCCN. The standard InChI is InChI=1S/C11H23N3O3/c1-11(2,3)17-10(16)14-9(15)8(13)6-4-5-7-12/h8H,4-7,12-13H2,1-3H3,(H,14,15,16)/t8-/m0/s1. The quantitative estimate of drug-likeness (QED) is 0.611. The molecule has 0 heterocycles. The molecular formula is C11H23N3O3. The number of imide groups is 1. The van der Waals surface area contributed by atoms with Crippen LogP contribution in [0.15, 0.2) is 0 Å². The van der Waals surface area contributed by atoms with Crippen LogP contribution in [0, 0.1) is 0 Å². The van der Waals surface area contributed by atoms with Gasteiger partial charge in [0.2, 0.25) is 5.91 Å². The number of unbranched alkanes of at least 4 members (excludes halogenated alkanes) is 1. The van der Waals surface area contributed by atoms with Crippen LogP contribution in [0.2, 0.25) is 0 Å². The summed E-state index contributed by atoms with van der Waals surface area (Å²) < 4.78 is 4.94. The van der Waals surface area contributed by atoms with Crippen molar-refractivity contribution in [1.82, 2.24) is 5.32 Å². The average molecular weight is 245 g/mol. The van der Waals surface area contributed by atoms with Crippen molar-refractivity contribution in [3.63, 3.8) is 0 Å². The van der Waals surface area contributed by atoms with Gasteiger partial charge in [0.1, 0.15) is 5.60 Å². The lowest BCUT2D eigenvalue weighted by Crippen LogP contribution is -2.45. The fourth-order valence-electron chi connectivity index (χ4n) is 1.14. The second kappa shape index (κ2) is 7.24. The van der Waals surface area contributed by atoms with E-state index < -0.39 is 23.6 Å². The average Bonchev–Trinajstić information content (AvgIpc) is 2.14. The first-order valence-electron chi connectivity index (χ1n) is 5.76. The summed E-state index contributed by atoms with van der Waals surface area (Å²) in [6.45, 7) is 5.73. The normalized spacial score (nSPS) is 13.0. The van der Waals surface area contributed by atoms with Gasteiger partial charge in [0.15, 0.2) is 0 Å². The summed E-state index contributed by atoms with van der Waals surface area (Å²) in [5, 5.41) is 2.11. The highest BCUT2D eigenvalue weighted by Gasteiger charge is 2.20. The first-order chi connectivity index (χ1) is 7.76. The number of ether oxygens (including phenoxy) is 1. The maximum Gasteiger partial charge on any atom is 0.414 e. The molecule has 0 unspecified atom stereocenters. The highest BCUT2D eigenvalue weighted by Crippen LogP contribution is 2.06. The lowest BCUT2D eigenvalue weighted by Gasteiger charge is -2.20. The van der Waals surface area contributed by atoms with Gasteiger partial charge < -0.3 is 16.2 Å². The van der Waals surface area contributed by atoms with E-state index in [1.807, 2.05) is 0 Å². The zero-order valence-electron chi connectivity index (χ0n) is 10.8. The summed E-state index contributed by atoms with van der Waals surface area (Å²) in [6.07, 6.45) is 1.32. The van der Waals surface area contributed by atoms with Gasteiger partial charge >= 0.3 is 6.09 Å². The Morgan fingerprint density at radius 2 is 1.88 bits per heavy atom. The van der Waals surface area contributed by atoms with Crippen molar-refractivity contribution in [3.8, 4) is 0 Å². The number of nitrogens with one attached hydrogen (secondary N) is 1. The molecule has 0 fully saturated rings. The molecule has 0 spiro atoms. The van der Waals surface area contributed by atoms with E-state index in [1.165, 1.54) is 0 Å². The second-order valence-corrected chi connectivity index (χ2v) is 4.88. The number of alkyl carbamates (subject to hydrolysis) is 1. The molecule has 100 valence electrons. The maximum absolute atomic E-state index is 11.5. The molecule has 0 rings (SSSR count). The van der Waals surface area contributed by atoms with Crippen LogP contribution in [0.3, 0.4) is 0 Å². The van der Waals surface area contributed by atoms with Gasteiger partial charge in [0, 0.05) is 0 Å². The number of amides is 2. The third kappa shape index (κ3) is 8.65. The van der Waals surface area contributed by atoms with Gasteiger partial charge in [-0.25, -0.2) is 4.79 Å². The molecule has 17 heavy (non-hydrogen) atoms. The molecule has 0 radical (unpaired) electrons. The fourth-order valence-corrected chi connectivity index (χ4v) is 1.14. The largest absolute Gasteiger partial charge is 0.444 e. The molecule has 0 aliphatic heterocycles. The van der Waals surface area contributed by atoms with E-state index >= 15 is 0 Å². The minimum absolute atomic E-state index is 0.506. The number of rotatable bonds is 5. The Bertz CT molecular complexity index is 261. The van der Waals surface area contributed by atoms with Gasteiger partial charge in [-0.15, -0.1) is 0 Å². The minimum Gasteiger partial charge on any atom is -0.444 e. The summed E-state index contributed by atoms with van der Waals surface area (Å²) in [7, 11) is 0. The monoisotopic (exact) mass is 245 g/mol. The number of hydrogen-bond donors (Lipinski definition) is 3. The summed E-state index contributed by atoms with van der Waals surface area (Å²) in [6, 6.07) is -0.700. The Kier molecular flexibility index (Phi) is 6.75. The molecule has 1 atom stereocenters. The van der Waals surface area contributed by atoms with E-state index in [-0.39, 0.29) is 0 Å². The van der Waals surface area contributed by atoms with Gasteiger partial charge in [-0.1, -0.05) is 6.42 Å². The zero-order valence-corrected chi connectivity index (χ0v) is 10.8. The molecule has 0 aliphatic rings. The van der Waals surface area contributed by atoms with Crippen molar-refractivity contribution in [2.24, 2.45) is 11.5 Å². The van der Waals surface area contributed by atoms with Crippen molar-refractivity contribution in [1.29, 1.82) is 0 Å². The number of carbonyl (C=O) groups is 2. The Morgan fingerprint density at radius 1 is 1.29 bits per heavy atom. The summed E-state index contributed by atoms with van der Waals surface area (Å²) in [5.74, 6) is -0.517. The molecule has 0 bridgehead atoms. The van der Waals surface area contributed by atoms with Crippen LogP contribution in [0.5, 0.6) is 0 Å². The lowest BCUT2D eigenvalue weighted by atomic mass is 10.1. The lowest BCUT2D eigenvalue weighted by molar-refractivity contribution is -0.122. The number of hydrogen-bond acceptors (Lipinski definition) is 5. The third-order valence-electron chi connectivity index (χ3n) is 1.93. The molecule has 0 aliphatic carbocycles. The van der Waals surface area contributed by atoms with Gasteiger partial charge in [-0.05, 0) is 40.2 Å². The Labute approximate surface area is 102 Å². The van der Waals surface area contributed by atoms with Crippen molar-refractivity contribution in [3.05, 3.63) is 0 Å². The molecule has 0 aromatic heterocycles. The molecule has 0 saturated carbocycles. The molecule has 6 nitrogen and oxygen atoms in total. The topological polar surface area (TPSA) is 107 Å². The van der Waals surface area contributed by atoms with Crippen LogP contribution in [-0.2, 0) is 9.53 Å². The first-order valence-corrected chi connectivity index (χ1v) is 5.76. The van der Waals surface area contributed by atoms with Crippen molar-refractivity contribution < 1.29 is 14.3 Å². The van der Waals surface area contributed by atoms with Gasteiger partial charge in [-0.3, -0.25) is 10.1 Å². The Hall–Kier alpha value is -1.14. The van der Waals surface area contributed by atoms with E-state index in [9.17, 15) is 9.59 Å². The van der Waals surface area contributed by atoms with Gasteiger partial charge in [0.05, 0.1) is 6.04 Å². The van der Waals surface area contributed by atoms with Crippen LogP contribution in [0.4, 0.5) is 4.79 Å². The zero-order chi connectivity index (χ0) is 13.5. The molecule has 5 N–H and O–H groups in total. The van der Waals surface area contributed by atoms with Crippen LogP contribution in [0.25, 0.3) is 0 Å². The van der Waals surface area contributed by atoms with Crippen LogP contribution in [0.1, 0.15) is 40.0 Å². The van der Waals surface area contributed by atoms with Crippen LogP contribution >= 0.6 is 0 Å². The van der Waals surface area contributed by atoms with Crippen LogP contribution < -0.4 is 16.8 Å². The van der Waals surface area contributed by atoms with Crippen molar-refractivity contribution in [2.75, 3.05) is 6.54 Å². The molecule has 0 aromatic rings. The predicted octanol–water partition coefficient (Wildman–Crippen LogP) is 0.494. The number of nitrogens with two attached hydrogens (primary N) is 2. The smallest absolute Gasteiger partial charge is 0.414 e. The van der Waals surface area contributed by atoms with E-state index in [0.29, 0.717) is 13.0 Å². The van der Waals surface area contributed by atoms with Crippen molar-refractivity contribution in [2.45, 2.75) is 51.7 Å². The summed E-state index contributed by atoms with van der Waals surface area (Å²) in [4.78, 5) is 22.7. The maximum atomic E-state index is 11.5. The molecule has 0 saturated heterocycles. The Balaban J connectivity index is 3.95. The Morgan fingerprint density at radius 3 is 2.35 bits per heavy atom. The molecule has 2 amide bonds. The minimum atomic E-state index is -0.767. The van der Waals surface area contributed by atoms with Crippen LogP contribution in [-0.4, -0.2) is 30.2 Å². The molecular weight excluding hydrogens is 222 g/mol. The van der Waals surface area contributed by atoms with E-state index in [2.05, 4.69) is 5.32 Å².